The Morgan fingerprint density at radius 3 is 2.69 bits per heavy atom. The number of nitrogens with zero attached hydrogens (tertiary/aromatic N) is 4. The van der Waals surface area contributed by atoms with Crippen LogP contribution in [0.15, 0.2) is 34.6 Å². The molecule has 1 saturated carbocycles. The summed E-state index contributed by atoms with van der Waals surface area (Å²) in [7, 11) is 0. The van der Waals surface area contributed by atoms with Gasteiger partial charge < -0.3 is 4.90 Å². The maximum Gasteiger partial charge on any atom is 0.266 e. The highest BCUT2D eigenvalue weighted by Crippen LogP contribution is 2.37. The van der Waals surface area contributed by atoms with Crippen LogP contribution in [-0.4, -0.2) is 31.9 Å². The van der Waals surface area contributed by atoms with Crippen molar-refractivity contribution in [1.82, 2.24) is 19.4 Å². The number of hydrogen-bond donors (Lipinski definition) is 0. The lowest BCUT2D eigenvalue weighted by Crippen LogP contribution is -2.36. The molecule has 3 aromatic rings. The van der Waals surface area contributed by atoms with Gasteiger partial charge in [-0.1, -0.05) is 25.0 Å². The van der Waals surface area contributed by atoms with Crippen LogP contribution in [0.25, 0.3) is 10.9 Å². The largest absolute Gasteiger partial charge is 0.328 e. The molecule has 1 unspecified atom stereocenters. The van der Waals surface area contributed by atoms with Crippen molar-refractivity contribution >= 4 is 28.1 Å². The van der Waals surface area contributed by atoms with Crippen molar-refractivity contribution in [3.63, 3.8) is 0 Å². The highest BCUT2D eigenvalue weighted by atomic mass is 32.1. The van der Waals surface area contributed by atoms with Crippen LogP contribution >= 0.6 is 11.3 Å². The number of thiazole rings is 1. The summed E-state index contributed by atoms with van der Waals surface area (Å²) in [5.74, 6) is 0.765. The van der Waals surface area contributed by atoms with Gasteiger partial charge in [0.25, 0.3) is 11.5 Å². The first-order valence-corrected chi connectivity index (χ1v) is 11.3. The summed E-state index contributed by atoms with van der Waals surface area (Å²) in [5, 5.41) is 0.664. The standard InChI is InChI=1S/C22H24N4O2S/c1-14-19(29-13-23-14)22(28)25-12-6-11-18(25)20-24-17-10-5-4-9-16(17)21(27)26(20)15-7-2-3-8-15/h4-5,9-10,13,15,18H,2-3,6-8,11-12H2,1H3. The molecule has 2 aliphatic rings. The average Bonchev–Trinajstić information content (AvgIpc) is 3.49. The van der Waals surface area contributed by atoms with Gasteiger partial charge in [-0.05, 0) is 44.7 Å². The lowest BCUT2D eigenvalue weighted by atomic mass is 10.1. The van der Waals surface area contributed by atoms with E-state index in [2.05, 4.69) is 4.98 Å². The van der Waals surface area contributed by atoms with Gasteiger partial charge >= 0.3 is 0 Å². The fourth-order valence-corrected chi connectivity index (χ4v) is 5.59. The first-order valence-electron chi connectivity index (χ1n) is 10.4. The van der Waals surface area contributed by atoms with E-state index >= 15 is 0 Å². The highest BCUT2D eigenvalue weighted by Gasteiger charge is 2.36. The summed E-state index contributed by atoms with van der Waals surface area (Å²) in [6, 6.07) is 7.57. The lowest BCUT2D eigenvalue weighted by Gasteiger charge is -2.28. The van der Waals surface area contributed by atoms with E-state index in [0.717, 1.165) is 55.6 Å². The Hall–Kier alpha value is -2.54. The Balaban J connectivity index is 1.65. The van der Waals surface area contributed by atoms with Crippen LogP contribution in [0.4, 0.5) is 0 Å². The molecule has 1 aliphatic heterocycles. The van der Waals surface area contributed by atoms with Crippen molar-refractivity contribution in [2.24, 2.45) is 0 Å². The van der Waals surface area contributed by atoms with Crippen LogP contribution in [0.1, 0.15) is 71.8 Å². The third-order valence-corrected chi connectivity index (χ3v) is 7.19. The topological polar surface area (TPSA) is 68.1 Å². The minimum absolute atomic E-state index is 0.00730. The number of carbonyl (C=O) groups is 1. The van der Waals surface area contributed by atoms with E-state index < -0.39 is 0 Å². The Kier molecular flexibility index (Phi) is 4.70. The quantitative estimate of drug-likeness (QED) is 0.650. The van der Waals surface area contributed by atoms with E-state index in [0.29, 0.717) is 16.8 Å². The number of para-hydroxylation sites is 1. The number of benzene rings is 1. The van der Waals surface area contributed by atoms with Gasteiger partial charge in [0.05, 0.1) is 28.1 Å². The number of likely N-dealkylation sites (tertiary alicyclic amines) is 1. The summed E-state index contributed by atoms with van der Waals surface area (Å²) in [6.45, 7) is 2.56. The third-order valence-electron chi connectivity index (χ3n) is 6.28. The van der Waals surface area contributed by atoms with Crippen molar-refractivity contribution in [1.29, 1.82) is 0 Å². The molecule has 1 amide bonds. The van der Waals surface area contributed by atoms with Crippen molar-refractivity contribution in [3.8, 4) is 0 Å². The molecule has 6 nitrogen and oxygen atoms in total. The molecule has 1 aromatic carbocycles. The van der Waals surface area contributed by atoms with Gasteiger partial charge in [0.2, 0.25) is 0 Å². The van der Waals surface area contributed by atoms with E-state index in [4.69, 9.17) is 4.98 Å². The third kappa shape index (κ3) is 3.08. The zero-order chi connectivity index (χ0) is 20.0. The maximum atomic E-state index is 13.5. The molecule has 0 N–H and O–H groups in total. The summed E-state index contributed by atoms with van der Waals surface area (Å²) >= 11 is 1.39. The van der Waals surface area contributed by atoms with Crippen molar-refractivity contribution in [2.75, 3.05) is 6.54 Å². The van der Waals surface area contributed by atoms with Gasteiger partial charge in [-0.3, -0.25) is 14.2 Å². The molecular weight excluding hydrogens is 384 g/mol. The van der Waals surface area contributed by atoms with Crippen LogP contribution in [0.3, 0.4) is 0 Å². The Bertz CT molecular complexity index is 1130. The average molecular weight is 409 g/mol. The molecule has 5 rings (SSSR count). The van der Waals surface area contributed by atoms with Crippen molar-refractivity contribution < 1.29 is 4.79 Å². The van der Waals surface area contributed by atoms with Crippen LogP contribution in [0.5, 0.6) is 0 Å². The number of hydrogen-bond acceptors (Lipinski definition) is 5. The monoisotopic (exact) mass is 408 g/mol. The van der Waals surface area contributed by atoms with Crippen LogP contribution in [0.2, 0.25) is 0 Å². The van der Waals surface area contributed by atoms with Crippen LogP contribution < -0.4 is 5.56 Å². The van der Waals surface area contributed by atoms with Gasteiger partial charge in [0.1, 0.15) is 10.7 Å². The number of rotatable bonds is 3. The Labute approximate surface area is 173 Å². The summed E-state index contributed by atoms with van der Waals surface area (Å²) in [5.41, 5.74) is 3.24. The van der Waals surface area contributed by atoms with Gasteiger partial charge in [-0.15, -0.1) is 11.3 Å². The summed E-state index contributed by atoms with van der Waals surface area (Å²) in [4.78, 5) is 38.5. The predicted octanol–water partition coefficient (Wildman–Crippen LogP) is 4.25. The molecule has 1 atom stereocenters. The maximum absolute atomic E-state index is 13.5. The number of carbonyl (C=O) groups excluding carboxylic acids is 1. The highest BCUT2D eigenvalue weighted by molar-refractivity contribution is 7.11. The molecule has 0 radical (unpaired) electrons. The fourth-order valence-electron chi connectivity index (χ4n) is 4.83. The zero-order valence-corrected chi connectivity index (χ0v) is 17.3. The smallest absolute Gasteiger partial charge is 0.266 e. The summed E-state index contributed by atoms with van der Waals surface area (Å²) < 4.78 is 1.92. The molecule has 7 heteroatoms. The van der Waals surface area contributed by atoms with E-state index in [1.54, 1.807) is 5.51 Å². The molecular formula is C22H24N4O2S. The zero-order valence-electron chi connectivity index (χ0n) is 16.5. The predicted molar refractivity (Wildman–Crippen MR) is 113 cm³/mol. The first kappa shape index (κ1) is 18.5. The van der Waals surface area contributed by atoms with Crippen LogP contribution in [0, 0.1) is 6.92 Å². The summed E-state index contributed by atoms with van der Waals surface area (Å²) in [6.07, 6.45) is 6.03. The number of amides is 1. The van der Waals surface area contributed by atoms with Crippen LogP contribution in [-0.2, 0) is 0 Å². The van der Waals surface area contributed by atoms with Crippen molar-refractivity contribution in [2.45, 2.75) is 57.5 Å². The number of aryl methyl sites for hydroxylation is 1. The van der Waals surface area contributed by atoms with E-state index in [-0.39, 0.29) is 23.6 Å². The van der Waals surface area contributed by atoms with E-state index in [1.165, 1.54) is 11.3 Å². The second-order valence-electron chi connectivity index (χ2n) is 8.02. The molecule has 0 spiro atoms. The lowest BCUT2D eigenvalue weighted by molar-refractivity contribution is 0.0729. The first-order chi connectivity index (χ1) is 14.1. The molecule has 2 aromatic heterocycles. The van der Waals surface area contributed by atoms with E-state index in [1.807, 2.05) is 40.7 Å². The van der Waals surface area contributed by atoms with Gasteiger partial charge in [-0.2, -0.15) is 0 Å². The van der Waals surface area contributed by atoms with Gasteiger partial charge in [-0.25, -0.2) is 9.97 Å². The fraction of sp³-hybridized carbons (Fsp3) is 0.455. The SMILES string of the molecule is Cc1ncsc1C(=O)N1CCCC1c1nc2ccccc2c(=O)n1C1CCCC1. The Morgan fingerprint density at radius 1 is 1.14 bits per heavy atom. The van der Waals surface area contributed by atoms with Gasteiger partial charge in [0, 0.05) is 12.6 Å². The molecule has 1 saturated heterocycles. The minimum atomic E-state index is -0.165. The van der Waals surface area contributed by atoms with Gasteiger partial charge in [0.15, 0.2) is 0 Å². The second-order valence-corrected chi connectivity index (χ2v) is 8.88. The molecule has 29 heavy (non-hydrogen) atoms. The number of aromatic nitrogens is 3. The second kappa shape index (κ2) is 7.37. The number of fused-ring (bicyclic) bond motifs is 1. The molecule has 1 aliphatic carbocycles. The Morgan fingerprint density at radius 2 is 1.93 bits per heavy atom. The molecule has 0 bridgehead atoms. The molecule has 150 valence electrons. The van der Waals surface area contributed by atoms with E-state index in [9.17, 15) is 9.59 Å². The normalized spacial score (nSPS) is 20.0. The van der Waals surface area contributed by atoms with Crippen molar-refractivity contribution in [3.05, 3.63) is 56.5 Å². The molecule has 3 heterocycles. The minimum Gasteiger partial charge on any atom is -0.328 e. The molecule has 2 fully saturated rings.